The largest absolute Gasteiger partial charge is 0.367 e. The molecule has 4 heteroatoms. The zero-order valence-corrected chi connectivity index (χ0v) is 12.7. The van der Waals surface area contributed by atoms with Gasteiger partial charge in [-0.15, -0.1) is 0 Å². The number of hydrogen-bond acceptors (Lipinski definition) is 2. The Bertz CT molecular complexity index is 477. The molecule has 2 aliphatic rings. The fourth-order valence-corrected chi connectivity index (χ4v) is 3.06. The summed E-state index contributed by atoms with van der Waals surface area (Å²) in [7, 11) is 0. The monoisotopic (exact) mass is 294 g/mol. The van der Waals surface area contributed by atoms with Crippen LogP contribution in [0.15, 0.2) is 12.1 Å². The van der Waals surface area contributed by atoms with Crippen LogP contribution in [-0.2, 0) is 6.54 Å². The molecule has 1 saturated heterocycles. The summed E-state index contributed by atoms with van der Waals surface area (Å²) in [6.45, 7) is 4.26. The van der Waals surface area contributed by atoms with Gasteiger partial charge in [-0.05, 0) is 55.7 Å². The number of rotatable bonds is 4. The van der Waals surface area contributed by atoms with Crippen LogP contribution in [0.25, 0.3) is 0 Å². The van der Waals surface area contributed by atoms with Gasteiger partial charge in [-0.25, -0.2) is 8.78 Å². The lowest BCUT2D eigenvalue weighted by Crippen LogP contribution is -2.26. The Morgan fingerprint density at radius 1 is 1.10 bits per heavy atom. The van der Waals surface area contributed by atoms with Gasteiger partial charge in [0, 0.05) is 25.7 Å². The minimum Gasteiger partial charge on any atom is -0.367 e. The molecule has 1 saturated carbocycles. The molecule has 0 spiro atoms. The predicted molar refractivity (Wildman–Crippen MR) is 81.4 cm³/mol. The van der Waals surface area contributed by atoms with Crippen molar-refractivity contribution in [1.82, 2.24) is 5.32 Å². The summed E-state index contributed by atoms with van der Waals surface area (Å²) < 4.78 is 28.7. The van der Waals surface area contributed by atoms with E-state index in [9.17, 15) is 8.78 Å². The summed E-state index contributed by atoms with van der Waals surface area (Å²) >= 11 is 0. The second-order valence-electron chi connectivity index (χ2n) is 6.59. The summed E-state index contributed by atoms with van der Waals surface area (Å²) in [6, 6.07) is 3.52. The van der Waals surface area contributed by atoms with Gasteiger partial charge in [0.05, 0.1) is 0 Å². The fourth-order valence-electron chi connectivity index (χ4n) is 3.06. The Morgan fingerprint density at radius 3 is 2.48 bits per heavy atom. The molecule has 1 unspecified atom stereocenters. The van der Waals surface area contributed by atoms with Crippen molar-refractivity contribution in [3.05, 3.63) is 29.3 Å². The van der Waals surface area contributed by atoms with Gasteiger partial charge in [0.25, 0.3) is 0 Å². The third kappa shape index (κ3) is 3.73. The van der Waals surface area contributed by atoms with E-state index in [1.807, 2.05) is 4.90 Å². The number of halogens is 2. The fraction of sp³-hybridized carbons (Fsp3) is 0.647. The van der Waals surface area contributed by atoms with Crippen molar-refractivity contribution in [2.45, 2.75) is 51.6 Å². The van der Waals surface area contributed by atoms with Crippen molar-refractivity contribution in [1.29, 1.82) is 0 Å². The van der Waals surface area contributed by atoms with E-state index in [1.54, 1.807) is 0 Å². The molecule has 0 bridgehead atoms. The van der Waals surface area contributed by atoms with E-state index < -0.39 is 11.6 Å². The molecule has 1 heterocycles. The SMILES string of the molecule is CC1CCCN(c2c(F)cc(CNC3CC3)cc2F)CC1. The second-order valence-corrected chi connectivity index (χ2v) is 6.59. The van der Waals surface area contributed by atoms with Gasteiger partial charge in [0.1, 0.15) is 17.3 Å². The standard InChI is InChI=1S/C17H24F2N2/c1-12-3-2-7-21(8-6-12)17-15(18)9-13(10-16(17)19)11-20-14-4-5-14/h9-10,12,14,20H,2-8,11H2,1H3. The molecule has 0 aromatic heterocycles. The smallest absolute Gasteiger partial charge is 0.149 e. The van der Waals surface area contributed by atoms with E-state index >= 15 is 0 Å². The average molecular weight is 294 g/mol. The molecular formula is C17H24F2N2. The molecule has 0 radical (unpaired) electrons. The first kappa shape index (κ1) is 14.8. The van der Waals surface area contributed by atoms with Crippen LogP contribution in [0.3, 0.4) is 0 Å². The highest BCUT2D eigenvalue weighted by atomic mass is 19.1. The maximum atomic E-state index is 14.4. The Labute approximate surface area is 125 Å². The average Bonchev–Trinajstić information content (AvgIpc) is 3.25. The molecule has 21 heavy (non-hydrogen) atoms. The number of hydrogen-bond donors (Lipinski definition) is 1. The zero-order valence-electron chi connectivity index (χ0n) is 12.7. The van der Waals surface area contributed by atoms with E-state index in [0.29, 0.717) is 24.1 Å². The number of nitrogens with zero attached hydrogens (tertiary/aromatic N) is 1. The molecule has 1 atom stereocenters. The minimum atomic E-state index is -0.419. The van der Waals surface area contributed by atoms with Crippen LogP contribution in [0.5, 0.6) is 0 Å². The van der Waals surface area contributed by atoms with Crippen LogP contribution in [-0.4, -0.2) is 19.1 Å². The molecule has 2 fully saturated rings. The van der Waals surface area contributed by atoms with Crippen molar-refractivity contribution < 1.29 is 8.78 Å². The van der Waals surface area contributed by atoms with Crippen LogP contribution < -0.4 is 10.2 Å². The molecule has 1 aromatic rings. The molecule has 116 valence electrons. The quantitative estimate of drug-likeness (QED) is 0.907. The highest BCUT2D eigenvalue weighted by Crippen LogP contribution is 2.29. The van der Waals surface area contributed by atoms with E-state index in [4.69, 9.17) is 0 Å². The van der Waals surface area contributed by atoms with Crippen LogP contribution in [0.4, 0.5) is 14.5 Å². The summed E-state index contributed by atoms with van der Waals surface area (Å²) in [5, 5.41) is 3.30. The number of anilines is 1. The summed E-state index contributed by atoms with van der Waals surface area (Å²) in [4.78, 5) is 1.88. The van der Waals surface area contributed by atoms with Crippen molar-refractivity contribution in [2.75, 3.05) is 18.0 Å². The normalized spacial score (nSPS) is 23.2. The zero-order chi connectivity index (χ0) is 14.8. The Hall–Kier alpha value is -1.16. The summed E-state index contributed by atoms with van der Waals surface area (Å²) in [6.07, 6.45) is 5.50. The van der Waals surface area contributed by atoms with Crippen molar-refractivity contribution >= 4 is 5.69 Å². The van der Waals surface area contributed by atoms with Gasteiger partial charge < -0.3 is 10.2 Å². The molecule has 1 aliphatic heterocycles. The van der Waals surface area contributed by atoms with E-state index in [2.05, 4.69) is 12.2 Å². The Balaban J connectivity index is 1.74. The molecule has 1 aliphatic carbocycles. The Morgan fingerprint density at radius 2 is 1.81 bits per heavy atom. The predicted octanol–water partition coefficient (Wildman–Crippen LogP) is 3.84. The van der Waals surface area contributed by atoms with E-state index in [1.165, 1.54) is 25.0 Å². The maximum absolute atomic E-state index is 14.4. The highest BCUT2D eigenvalue weighted by molar-refractivity contribution is 5.51. The first-order valence-corrected chi connectivity index (χ1v) is 8.09. The molecular weight excluding hydrogens is 270 g/mol. The van der Waals surface area contributed by atoms with Crippen molar-refractivity contribution in [3.63, 3.8) is 0 Å². The molecule has 0 amide bonds. The molecule has 3 rings (SSSR count). The van der Waals surface area contributed by atoms with Gasteiger partial charge in [-0.2, -0.15) is 0 Å². The van der Waals surface area contributed by atoms with Gasteiger partial charge in [-0.3, -0.25) is 0 Å². The minimum absolute atomic E-state index is 0.166. The third-order valence-electron chi connectivity index (χ3n) is 4.58. The highest BCUT2D eigenvalue weighted by Gasteiger charge is 2.23. The molecule has 2 nitrogen and oxygen atoms in total. The summed E-state index contributed by atoms with van der Waals surface area (Å²) in [5.74, 6) is -0.197. The van der Waals surface area contributed by atoms with Crippen molar-refractivity contribution in [3.8, 4) is 0 Å². The number of benzene rings is 1. The summed E-state index contributed by atoms with van der Waals surface area (Å²) in [5.41, 5.74) is 0.864. The first-order chi connectivity index (χ1) is 10.1. The van der Waals surface area contributed by atoms with Crippen LogP contribution in [0.2, 0.25) is 0 Å². The van der Waals surface area contributed by atoms with E-state index in [-0.39, 0.29) is 5.69 Å². The van der Waals surface area contributed by atoms with Gasteiger partial charge >= 0.3 is 0 Å². The topological polar surface area (TPSA) is 15.3 Å². The first-order valence-electron chi connectivity index (χ1n) is 8.09. The molecule has 1 aromatic carbocycles. The lowest BCUT2D eigenvalue weighted by atomic mass is 10.0. The van der Waals surface area contributed by atoms with Crippen molar-refractivity contribution in [2.24, 2.45) is 5.92 Å². The van der Waals surface area contributed by atoms with Gasteiger partial charge in [0.15, 0.2) is 0 Å². The van der Waals surface area contributed by atoms with Gasteiger partial charge in [-0.1, -0.05) is 6.92 Å². The lowest BCUT2D eigenvalue weighted by molar-refractivity contribution is 0.519. The van der Waals surface area contributed by atoms with Crippen LogP contribution in [0, 0.1) is 17.6 Å². The van der Waals surface area contributed by atoms with Crippen LogP contribution >= 0.6 is 0 Å². The van der Waals surface area contributed by atoms with Gasteiger partial charge in [0.2, 0.25) is 0 Å². The van der Waals surface area contributed by atoms with E-state index in [0.717, 1.165) is 32.4 Å². The second kappa shape index (κ2) is 6.30. The molecule has 1 N–H and O–H groups in total. The third-order valence-corrected chi connectivity index (χ3v) is 4.58. The Kier molecular flexibility index (Phi) is 4.43. The maximum Gasteiger partial charge on any atom is 0.149 e. The van der Waals surface area contributed by atoms with Crippen LogP contribution in [0.1, 0.15) is 44.6 Å². The lowest BCUT2D eigenvalue weighted by Gasteiger charge is -2.24. The number of nitrogens with one attached hydrogen (secondary N) is 1.